The molecule has 3 nitrogen and oxygen atoms in total. The van der Waals surface area contributed by atoms with E-state index in [1.165, 1.54) is 0 Å². The van der Waals surface area contributed by atoms with Gasteiger partial charge in [-0.1, -0.05) is 11.6 Å². The minimum Gasteiger partial charge on any atom is -0.486 e. The third-order valence-electron chi connectivity index (χ3n) is 3.75. The van der Waals surface area contributed by atoms with Gasteiger partial charge in [0.2, 0.25) is 0 Å². The van der Waals surface area contributed by atoms with Crippen LogP contribution in [0.4, 0.5) is 0 Å². The summed E-state index contributed by atoms with van der Waals surface area (Å²) in [6.07, 6.45) is 3.81. The molecule has 1 aliphatic heterocycles. The number of ketones is 1. The van der Waals surface area contributed by atoms with Crippen molar-refractivity contribution in [1.29, 1.82) is 0 Å². The van der Waals surface area contributed by atoms with Crippen molar-refractivity contribution >= 4 is 29.1 Å². The van der Waals surface area contributed by atoms with Crippen molar-refractivity contribution in [2.45, 2.75) is 30.6 Å². The summed E-state index contributed by atoms with van der Waals surface area (Å²) in [6.45, 7) is 1.15. The predicted octanol–water partition coefficient (Wildman–Crippen LogP) is 3.96. The molecule has 0 radical (unpaired) electrons. The van der Waals surface area contributed by atoms with Crippen molar-refractivity contribution in [2.24, 2.45) is 5.92 Å². The summed E-state index contributed by atoms with van der Waals surface area (Å²) in [7, 11) is 0. The van der Waals surface area contributed by atoms with Crippen molar-refractivity contribution in [3.8, 4) is 11.5 Å². The van der Waals surface area contributed by atoms with Crippen LogP contribution >= 0.6 is 23.4 Å². The number of carbonyl (C=O) groups excluding carboxylic acids is 1. The first-order valence-corrected chi connectivity index (χ1v) is 8.35. The molecular formula is C15H17ClO3S. The molecule has 1 aromatic rings. The molecule has 3 rings (SSSR count). The summed E-state index contributed by atoms with van der Waals surface area (Å²) < 4.78 is 11.1. The van der Waals surface area contributed by atoms with E-state index in [2.05, 4.69) is 0 Å². The van der Waals surface area contributed by atoms with Gasteiger partial charge in [-0.3, -0.25) is 4.79 Å². The van der Waals surface area contributed by atoms with Crippen molar-refractivity contribution in [2.75, 3.05) is 19.0 Å². The molecule has 20 heavy (non-hydrogen) atoms. The fourth-order valence-corrected chi connectivity index (χ4v) is 3.99. The summed E-state index contributed by atoms with van der Waals surface area (Å²) in [5.41, 5.74) is 0. The van der Waals surface area contributed by atoms with E-state index in [1.54, 1.807) is 11.8 Å². The van der Waals surface area contributed by atoms with Crippen molar-refractivity contribution in [3.05, 3.63) is 17.2 Å². The van der Waals surface area contributed by atoms with E-state index >= 15 is 0 Å². The zero-order chi connectivity index (χ0) is 13.9. The number of hydrogen-bond acceptors (Lipinski definition) is 4. The Bertz CT molecular complexity index is 518. The van der Waals surface area contributed by atoms with Crippen molar-refractivity contribution < 1.29 is 14.3 Å². The van der Waals surface area contributed by atoms with Crippen LogP contribution in [-0.2, 0) is 4.79 Å². The number of ether oxygens (including phenoxy) is 2. The molecule has 1 aliphatic carbocycles. The maximum atomic E-state index is 11.6. The topological polar surface area (TPSA) is 35.5 Å². The first-order chi connectivity index (χ1) is 9.74. The quantitative estimate of drug-likeness (QED) is 0.788. The molecule has 5 heteroatoms. The highest BCUT2D eigenvalue weighted by molar-refractivity contribution is 7.99. The Morgan fingerprint density at radius 1 is 1.25 bits per heavy atom. The minimum atomic E-state index is 0.262. The molecule has 1 fully saturated rings. The van der Waals surface area contributed by atoms with E-state index < -0.39 is 0 Å². The Labute approximate surface area is 128 Å². The summed E-state index contributed by atoms with van der Waals surface area (Å²) in [4.78, 5) is 12.6. The lowest BCUT2D eigenvalue weighted by atomic mass is 10.1. The molecule has 1 heterocycles. The van der Waals surface area contributed by atoms with Crippen molar-refractivity contribution in [3.63, 3.8) is 0 Å². The second kappa shape index (κ2) is 6.27. The first-order valence-electron chi connectivity index (χ1n) is 6.98. The molecule has 0 N–H and O–H groups in total. The zero-order valence-corrected chi connectivity index (χ0v) is 12.8. The number of rotatable bonds is 4. The van der Waals surface area contributed by atoms with Gasteiger partial charge in [0.1, 0.15) is 19.0 Å². The molecule has 0 spiro atoms. The molecule has 0 unspecified atom stereocenters. The van der Waals surface area contributed by atoms with Gasteiger partial charge < -0.3 is 9.47 Å². The lowest BCUT2D eigenvalue weighted by molar-refractivity contribution is -0.120. The lowest BCUT2D eigenvalue weighted by Gasteiger charge is -2.19. The van der Waals surface area contributed by atoms with E-state index in [-0.39, 0.29) is 5.92 Å². The third-order valence-corrected chi connectivity index (χ3v) is 5.27. The van der Waals surface area contributed by atoms with Gasteiger partial charge in [-0.2, -0.15) is 0 Å². The smallest absolute Gasteiger partial charge is 0.162 e. The van der Waals surface area contributed by atoms with Gasteiger partial charge in [-0.05, 0) is 31.1 Å². The highest BCUT2D eigenvalue weighted by Crippen LogP contribution is 2.40. The van der Waals surface area contributed by atoms with Gasteiger partial charge in [0.05, 0.1) is 5.02 Å². The fourth-order valence-electron chi connectivity index (χ4n) is 2.66. The monoisotopic (exact) mass is 312 g/mol. The van der Waals surface area contributed by atoms with E-state index in [0.717, 1.165) is 47.8 Å². The van der Waals surface area contributed by atoms with Crippen molar-refractivity contribution in [1.82, 2.24) is 0 Å². The maximum Gasteiger partial charge on any atom is 0.162 e. The summed E-state index contributed by atoms with van der Waals surface area (Å²) in [5.74, 6) is 3.09. The van der Waals surface area contributed by atoms with Gasteiger partial charge >= 0.3 is 0 Å². The second-order valence-corrected chi connectivity index (χ2v) is 6.66. The Kier molecular flexibility index (Phi) is 4.41. The maximum absolute atomic E-state index is 11.6. The number of halogens is 1. The highest BCUT2D eigenvalue weighted by atomic mass is 35.5. The van der Waals surface area contributed by atoms with Crippen LogP contribution in [0.2, 0.25) is 5.02 Å². The molecule has 1 atom stereocenters. The SMILES string of the molecule is O=C1CCC[C@@H]1CCSc1cc2c(cc1Cl)OCCO2. The molecule has 0 amide bonds. The molecule has 108 valence electrons. The molecule has 1 saturated carbocycles. The van der Waals surface area contributed by atoms with Gasteiger partial charge in [0, 0.05) is 23.3 Å². The normalized spacial score (nSPS) is 21.2. The number of benzene rings is 1. The average molecular weight is 313 g/mol. The van der Waals surface area contributed by atoms with Crippen LogP contribution in [0.5, 0.6) is 11.5 Å². The largest absolute Gasteiger partial charge is 0.486 e. The molecule has 2 aliphatic rings. The molecule has 0 bridgehead atoms. The number of hydrogen-bond donors (Lipinski definition) is 0. The van der Waals surface area contributed by atoms with Gasteiger partial charge in [-0.15, -0.1) is 11.8 Å². The summed E-state index contributed by atoms with van der Waals surface area (Å²) in [6, 6.07) is 3.76. The van der Waals surface area contributed by atoms with Crippen LogP contribution < -0.4 is 9.47 Å². The Morgan fingerprint density at radius 3 is 2.70 bits per heavy atom. The lowest BCUT2D eigenvalue weighted by Crippen LogP contribution is -2.15. The molecule has 1 aromatic carbocycles. The number of thioether (sulfide) groups is 1. The zero-order valence-electron chi connectivity index (χ0n) is 11.2. The average Bonchev–Trinajstić information content (AvgIpc) is 2.85. The van der Waals surface area contributed by atoms with Crippen LogP contribution in [-0.4, -0.2) is 24.7 Å². The van der Waals surface area contributed by atoms with Crippen LogP contribution in [0, 0.1) is 5.92 Å². The molecule has 0 saturated heterocycles. The van der Waals surface area contributed by atoms with Crippen LogP contribution in [0.3, 0.4) is 0 Å². The second-order valence-electron chi connectivity index (χ2n) is 5.12. The summed E-state index contributed by atoms with van der Waals surface area (Å²) in [5, 5.41) is 0.692. The fraction of sp³-hybridized carbons (Fsp3) is 0.533. The van der Waals surface area contributed by atoms with Crippen LogP contribution in [0.25, 0.3) is 0 Å². The molecule has 0 aromatic heterocycles. The minimum absolute atomic E-state index is 0.262. The van der Waals surface area contributed by atoms with Gasteiger partial charge in [0.25, 0.3) is 0 Å². The summed E-state index contributed by atoms with van der Waals surface area (Å²) >= 11 is 7.95. The van der Waals surface area contributed by atoms with E-state index in [4.69, 9.17) is 21.1 Å². The highest BCUT2D eigenvalue weighted by Gasteiger charge is 2.24. The predicted molar refractivity (Wildman–Crippen MR) is 80.1 cm³/mol. The Morgan fingerprint density at radius 2 is 2.00 bits per heavy atom. The number of Topliss-reactive ketones (excluding diaryl/α,β-unsaturated/α-hetero) is 1. The Balaban J connectivity index is 1.61. The van der Waals surface area contributed by atoms with E-state index in [0.29, 0.717) is 24.0 Å². The van der Waals surface area contributed by atoms with Crippen LogP contribution in [0.15, 0.2) is 17.0 Å². The van der Waals surface area contributed by atoms with Gasteiger partial charge in [-0.25, -0.2) is 0 Å². The first kappa shape index (κ1) is 14.1. The number of fused-ring (bicyclic) bond motifs is 1. The standard InChI is InChI=1S/C15H17ClO3S/c16-11-8-13-14(19-6-5-18-13)9-15(11)20-7-4-10-2-1-3-12(10)17/h8-10H,1-7H2/t10-/m1/s1. The third kappa shape index (κ3) is 3.07. The van der Waals surface area contributed by atoms with E-state index in [9.17, 15) is 4.79 Å². The Hall–Kier alpha value is -0.870. The number of carbonyl (C=O) groups is 1. The van der Waals surface area contributed by atoms with Gasteiger partial charge in [0.15, 0.2) is 11.5 Å². The van der Waals surface area contributed by atoms with E-state index in [1.807, 2.05) is 12.1 Å². The van der Waals surface area contributed by atoms with Crippen LogP contribution in [0.1, 0.15) is 25.7 Å². The molecular weight excluding hydrogens is 296 g/mol.